The maximum Gasteiger partial charge on any atom is 0.342 e. The average molecular weight is 416 g/mol. The number of hydrogen-bond donors (Lipinski definition) is 1. The molecule has 1 aliphatic heterocycles. The Morgan fingerprint density at radius 1 is 1.17 bits per heavy atom. The molecule has 0 amide bonds. The Morgan fingerprint density at radius 3 is 2.41 bits per heavy atom. The van der Waals surface area contributed by atoms with E-state index in [1.807, 2.05) is 0 Å². The fourth-order valence-electron chi connectivity index (χ4n) is 3.38. The van der Waals surface area contributed by atoms with E-state index in [4.69, 9.17) is 29.4 Å². The molecule has 2 aromatic rings. The lowest BCUT2D eigenvalue weighted by Gasteiger charge is -2.26. The van der Waals surface area contributed by atoms with Crippen molar-refractivity contribution in [1.29, 1.82) is 5.26 Å². The van der Waals surface area contributed by atoms with Gasteiger partial charge in [-0.2, -0.15) is 5.26 Å². The maximum absolute atomic E-state index is 12.3. The van der Waals surface area contributed by atoms with Crippen LogP contribution >= 0.6 is 11.3 Å². The standard InChI is InChI=1S/C20H20N2O6S/c1-9-13(20(23)27-5)17-18(29-9)14(11(8-21)19(22)28-17)10-6-7-12(24-2)16(26-4)15(10)25-3/h6-7,14H,22H2,1-5H3/t14-/m1/s1. The van der Waals surface area contributed by atoms with Gasteiger partial charge in [0.05, 0.1) is 39.2 Å². The summed E-state index contributed by atoms with van der Waals surface area (Å²) >= 11 is 1.33. The lowest BCUT2D eigenvalue weighted by molar-refractivity contribution is 0.0597. The SMILES string of the molecule is COC(=O)c1c(C)sc2c1OC(N)=C(C#N)[C@H]2c1ccc(OC)c(OC)c1OC. The molecule has 0 radical (unpaired) electrons. The Labute approximate surface area is 172 Å². The van der Waals surface area contributed by atoms with Crippen LogP contribution in [0.3, 0.4) is 0 Å². The number of benzene rings is 1. The van der Waals surface area contributed by atoms with Crippen molar-refractivity contribution in [3.8, 4) is 29.1 Å². The molecule has 0 aliphatic carbocycles. The molecule has 0 unspecified atom stereocenters. The second kappa shape index (κ2) is 7.93. The van der Waals surface area contributed by atoms with E-state index in [1.54, 1.807) is 19.1 Å². The summed E-state index contributed by atoms with van der Waals surface area (Å²) < 4.78 is 27.0. The highest BCUT2D eigenvalue weighted by atomic mass is 32.1. The van der Waals surface area contributed by atoms with Gasteiger partial charge in [0.15, 0.2) is 17.2 Å². The molecule has 1 aromatic carbocycles. The number of carbonyl (C=O) groups is 1. The zero-order chi connectivity index (χ0) is 21.3. The Balaban J connectivity index is 2.33. The van der Waals surface area contributed by atoms with Gasteiger partial charge in [0.25, 0.3) is 0 Å². The van der Waals surface area contributed by atoms with Gasteiger partial charge in [-0.3, -0.25) is 0 Å². The van der Waals surface area contributed by atoms with Gasteiger partial charge in [-0.25, -0.2) is 4.79 Å². The quantitative estimate of drug-likeness (QED) is 0.740. The molecular formula is C20H20N2O6S. The highest BCUT2D eigenvalue weighted by molar-refractivity contribution is 7.12. The van der Waals surface area contributed by atoms with Gasteiger partial charge in [0.1, 0.15) is 17.2 Å². The molecule has 1 aromatic heterocycles. The lowest BCUT2D eigenvalue weighted by atomic mass is 9.87. The Morgan fingerprint density at radius 2 is 1.86 bits per heavy atom. The van der Waals surface area contributed by atoms with Gasteiger partial charge in [0.2, 0.25) is 11.6 Å². The molecule has 2 N–H and O–H groups in total. The predicted octanol–water partition coefficient (Wildman–Crippen LogP) is 3.09. The molecule has 0 saturated carbocycles. The van der Waals surface area contributed by atoms with Gasteiger partial charge < -0.3 is 29.4 Å². The van der Waals surface area contributed by atoms with E-state index in [9.17, 15) is 10.1 Å². The molecule has 3 rings (SSSR count). The Kier molecular flexibility index (Phi) is 5.57. The molecule has 0 bridgehead atoms. The lowest BCUT2D eigenvalue weighted by Crippen LogP contribution is -2.21. The second-order valence-electron chi connectivity index (χ2n) is 6.07. The number of allylic oxidation sites excluding steroid dienone is 1. The molecule has 1 aliphatic rings. The fourth-order valence-corrected chi connectivity index (χ4v) is 4.59. The van der Waals surface area contributed by atoms with Gasteiger partial charge in [-0.1, -0.05) is 6.07 Å². The molecule has 0 saturated heterocycles. The number of methoxy groups -OCH3 is 4. The summed E-state index contributed by atoms with van der Waals surface area (Å²) in [6.45, 7) is 1.78. The number of rotatable bonds is 5. The number of carbonyl (C=O) groups excluding carboxylic acids is 1. The van der Waals surface area contributed by atoms with Crippen molar-refractivity contribution in [1.82, 2.24) is 0 Å². The monoisotopic (exact) mass is 416 g/mol. The molecule has 1 atom stereocenters. The summed E-state index contributed by atoms with van der Waals surface area (Å²) in [5.74, 6) is 0.330. The van der Waals surface area contributed by atoms with Crippen molar-refractivity contribution in [2.24, 2.45) is 5.73 Å². The third kappa shape index (κ3) is 3.11. The minimum Gasteiger partial charge on any atom is -0.493 e. The summed E-state index contributed by atoms with van der Waals surface area (Å²) in [6, 6.07) is 5.62. The number of thiophene rings is 1. The van der Waals surface area contributed by atoms with Crippen LogP contribution in [0.5, 0.6) is 23.0 Å². The van der Waals surface area contributed by atoms with Crippen molar-refractivity contribution in [3.05, 3.63) is 44.5 Å². The number of nitriles is 1. The fraction of sp³-hybridized carbons (Fsp3) is 0.300. The van der Waals surface area contributed by atoms with Crippen molar-refractivity contribution in [3.63, 3.8) is 0 Å². The van der Waals surface area contributed by atoms with Crippen LogP contribution in [-0.2, 0) is 4.74 Å². The first-order chi connectivity index (χ1) is 13.9. The number of fused-ring (bicyclic) bond motifs is 1. The number of esters is 1. The highest BCUT2D eigenvalue weighted by Gasteiger charge is 2.39. The van der Waals surface area contributed by atoms with Crippen LogP contribution in [0.4, 0.5) is 0 Å². The Bertz CT molecular complexity index is 1050. The summed E-state index contributed by atoms with van der Waals surface area (Å²) in [4.78, 5) is 13.6. The van der Waals surface area contributed by atoms with Crippen LogP contribution in [0.25, 0.3) is 0 Å². The highest BCUT2D eigenvalue weighted by Crippen LogP contribution is 2.53. The van der Waals surface area contributed by atoms with Gasteiger partial charge in [-0.15, -0.1) is 11.3 Å². The molecule has 29 heavy (non-hydrogen) atoms. The molecule has 0 spiro atoms. The first-order valence-electron chi connectivity index (χ1n) is 8.51. The first-order valence-corrected chi connectivity index (χ1v) is 9.33. The van der Waals surface area contributed by atoms with Crippen LogP contribution in [-0.4, -0.2) is 34.4 Å². The zero-order valence-electron chi connectivity index (χ0n) is 16.6. The van der Waals surface area contributed by atoms with E-state index in [1.165, 1.54) is 39.8 Å². The predicted molar refractivity (Wildman–Crippen MR) is 106 cm³/mol. The van der Waals surface area contributed by atoms with Gasteiger partial charge >= 0.3 is 5.97 Å². The van der Waals surface area contributed by atoms with Crippen LogP contribution in [0, 0.1) is 18.3 Å². The van der Waals surface area contributed by atoms with Crippen LogP contribution < -0.4 is 24.7 Å². The van der Waals surface area contributed by atoms with E-state index < -0.39 is 11.9 Å². The number of hydrogen-bond acceptors (Lipinski definition) is 9. The number of aryl methyl sites for hydroxylation is 1. The summed E-state index contributed by atoms with van der Waals surface area (Å²) in [6.07, 6.45) is 0. The third-order valence-electron chi connectivity index (χ3n) is 4.65. The van der Waals surface area contributed by atoms with Crippen LogP contribution in [0.15, 0.2) is 23.6 Å². The Hall–Kier alpha value is -3.38. The maximum atomic E-state index is 12.3. The topological polar surface area (TPSA) is 113 Å². The molecule has 8 nitrogen and oxygen atoms in total. The van der Waals surface area contributed by atoms with Gasteiger partial charge in [0, 0.05) is 10.4 Å². The van der Waals surface area contributed by atoms with Crippen LogP contribution in [0.1, 0.15) is 31.6 Å². The summed E-state index contributed by atoms with van der Waals surface area (Å²) in [5.41, 5.74) is 7.19. The minimum atomic E-state index is -0.611. The van der Waals surface area contributed by atoms with Gasteiger partial charge in [-0.05, 0) is 13.0 Å². The molecule has 9 heteroatoms. The number of nitrogens with two attached hydrogens (primary N) is 1. The number of ether oxygens (including phenoxy) is 5. The van der Waals surface area contributed by atoms with E-state index in [2.05, 4.69) is 6.07 Å². The van der Waals surface area contributed by atoms with Crippen molar-refractivity contribution in [2.75, 3.05) is 28.4 Å². The largest absolute Gasteiger partial charge is 0.493 e. The van der Waals surface area contributed by atoms with Crippen molar-refractivity contribution < 1.29 is 28.5 Å². The molecule has 0 fully saturated rings. The molecular weight excluding hydrogens is 396 g/mol. The number of nitrogens with zero attached hydrogens (tertiary/aromatic N) is 1. The normalized spacial score (nSPS) is 15.1. The van der Waals surface area contributed by atoms with E-state index in [0.717, 1.165) is 0 Å². The van der Waals surface area contributed by atoms with E-state index in [-0.39, 0.29) is 22.8 Å². The first kappa shape index (κ1) is 20.4. The summed E-state index contributed by atoms with van der Waals surface area (Å²) in [7, 11) is 5.82. The smallest absolute Gasteiger partial charge is 0.342 e. The third-order valence-corrected chi connectivity index (χ3v) is 5.80. The molecule has 2 heterocycles. The second-order valence-corrected chi connectivity index (χ2v) is 7.32. The summed E-state index contributed by atoms with van der Waals surface area (Å²) in [5, 5.41) is 9.79. The minimum absolute atomic E-state index is 0.0789. The average Bonchev–Trinajstić information content (AvgIpc) is 3.05. The van der Waals surface area contributed by atoms with Crippen LogP contribution in [0.2, 0.25) is 0 Å². The van der Waals surface area contributed by atoms with E-state index in [0.29, 0.717) is 32.6 Å². The molecule has 152 valence electrons. The zero-order valence-corrected chi connectivity index (χ0v) is 17.4. The van der Waals surface area contributed by atoms with Crippen molar-refractivity contribution in [2.45, 2.75) is 12.8 Å². The van der Waals surface area contributed by atoms with Crippen molar-refractivity contribution >= 4 is 17.3 Å². The van der Waals surface area contributed by atoms with E-state index >= 15 is 0 Å².